The molecule has 0 aliphatic rings. The third-order valence-corrected chi connectivity index (χ3v) is 4.12. The van der Waals surface area contributed by atoms with Crippen LogP contribution in [0.1, 0.15) is 5.56 Å². The lowest BCUT2D eigenvalue weighted by atomic mass is 10.1. The van der Waals surface area contributed by atoms with Crippen LogP contribution in [0.5, 0.6) is 17.5 Å². The van der Waals surface area contributed by atoms with E-state index in [-0.39, 0.29) is 6.01 Å². The number of ether oxygens (including phenoxy) is 2. The normalized spacial score (nSPS) is 10.4. The Morgan fingerprint density at radius 3 is 2.41 bits per heavy atom. The van der Waals surface area contributed by atoms with Gasteiger partial charge in [0.15, 0.2) is 11.5 Å². The number of rotatable bonds is 4. The van der Waals surface area contributed by atoms with Crippen molar-refractivity contribution in [1.82, 2.24) is 9.97 Å². The molecule has 0 saturated carbocycles. The van der Waals surface area contributed by atoms with Crippen molar-refractivity contribution in [3.8, 4) is 34.8 Å². The van der Waals surface area contributed by atoms with Gasteiger partial charge in [-0.05, 0) is 18.2 Å². The van der Waals surface area contributed by atoms with Gasteiger partial charge in [0.1, 0.15) is 0 Å². The van der Waals surface area contributed by atoms with Crippen LogP contribution in [-0.2, 0) is 0 Å². The fourth-order valence-corrected chi connectivity index (χ4v) is 2.84. The molecule has 0 aliphatic heterocycles. The Kier molecular flexibility index (Phi) is 4.38. The minimum absolute atomic E-state index is 0.218. The zero-order valence-corrected chi connectivity index (χ0v) is 14.6. The summed E-state index contributed by atoms with van der Waals surface area (Å²) in [4.78, 5) is 9.15. The molecule has 0 N–H and O–H groups in total. The molecule has 3 aromatic carbocycles. The van der Waals surface area contributed by atoms with Gasteiger partial charge < -0.3 is 9.47 Å². The van der Waals surface area contributed by atoms with Gasteiger partial charge in [-0.25, -0.2) is 0 Å². The average Bonchev–Trinajstić information content (AvgIpc) is 2.74. The van der Waals surface area contributed by atoms with E-state index in [4.69, 9.17) is 14.7 Å². The van der Waals surface area contributed by atoms with Gasteiger partial charge in [-0.15, -0.1) is 0 Å². The number of nitrogens with zero attached hydrogens (tertiary/aromatic N) is 3. The second-order valence-electron chi connectivity index (χ2n) is 5.82. The van der Waals surface area contributed by atoms with E-state index in [1.165, 1.54) is 7.11 Å². The highest BCUT2D eigenvalue weighted by Gasteiger charge is 2.13. The molecule has 4 rings (SSSR count). The van der Waals surface area contributed by atoms with Crippen molar-refractivity contribution >= 4 is 10.9 Å². The van der Waals surface area contributed by atoms with Gasteiger partial charge in [0.2, 0.25) is 0 Å². The molecule has 0 saturated heterocycles. The summed E-state index contributed by atoms with van der Waals surface area (Å²) in [6.07, 6.45) is 0. The Morgan fingerprint density at radius 1 is 0.852 bits per heavy atom. The maximum atomic E-state index is 9.05. The molecular weight excluding hydrogens is 338 g/mol. The predicted octanol–water partition coefficient (Wildman–Crippen LogP) is 4.97. The quantitative estimate of drug-likeness (QED) is 0.518. The van der Waals surface area contributed by atoms with Crippen LogP contribution in [0.25, 0.3) is 22.2 Å². The van der Waals surface area contributed by atoms with Gasteiger partial charge in [-0.3, -0.25) is 0 Å². The molecule has 1 heterocycles. The summed E-state index contributed by atoms with van der Waals surface area (Å²) in [6, 6.07) is 25.0. The van der Waals surface area contributed by atoms with Crippen molar-refractivity contribution in [2.24, 2.45) is 0 Å². The molecule has 0 fully saturated rings. The van der Waals surface area contributed by atoms with Crippen molar-refractivity contribution in [3.05, 3.63) is 78.4 Å². The highest BCUT2D eigenvalue weighted by atomic mass is 16.5. The van der Waals surface area contributed by atoms with Crippen LogP contribution in [0.2, 0.25) is 0 Å². The first-order valence-corrected chi connectivity index (χ1v) is 8.36. The molecule has 1 aromatic heterocycles. The molecule has 0 aliphatic carbocycles. The average molecular weight is 353 g/mol. The monoisotopic (exact) mass is 353 g/mol. The lowest BCUT2D eigenvalue weighted by Crippen LogP contribution is -1.98. The minimum Gasteiger partial charge on any atom is -0.493 e. The van der Waals surface area contributed by atoms with Crippen LogP contribution in [-0.4, -0.2) is 17.1 Å². The molecular formula is C22H15N3O2. The zero-order chi connectivity index (χ0) is 18.6. The molecule has 5 nitrogen and oxygen atoms in total. The molecule has 0 radical (unpaired) electrons. The lowest BCUT2D eigenvalue weighted by Gasteiger charge is -2.12. The maximum Gasteiger partial charge on any atom is 0.323 e. The SMILES string of the molecule is COc1cc(C#N)ccc1Oc1nc(-c2ccccc2)c2ccccc2n1. The van der Waals surface area contributed by atoms with Crippen LogP contribution in [0.15, 0.2) is 72.8 Å². The standard InChI is InChI=1S/C22H15N3O2/c1-26-20-13-15(14-23)11-12-19(20)27-22-24-18-10-6-5-9-17(18)21(25-22)16-7-3-2-4-8-16/h2-13H,1H3. The molecule has 0 atom stereocenters. The number of hydrogen-bond donors (Lipinski definition) is 0. The molecule has 0 amide bonds. The second kappa shape index (κ2) is 7.14. The molecule has 27 heavy (non-hydrogen) atoms. The highest BCUT2D eigenvalue weighted by Crippen LogP contribution is 2.33. The van der Waals surface area contributed by atoms with Gasteiger partial charge >= 0.3 is 6.01 Å². The molecule has 130 valence electrons. The Hall–Kier alpha value is -3.91. The smallest absolute Gasteiger partial charge is 0.323 e. The molecule has 4 aromatic rings. The van der Waals surface area contributed by atoms with Gasteiger partial charge in [0.25, 0.3) is 0 Å². The summed E-state index contributed by atoms with van der Waals surface area (Å²) in [5.41, 5.74) is 3.05. The van der Waals surface area contributed by atoms with Crippen molar-refractivity contribution in [3.63, 3.8) is 0 Å². The molecule has 0 spiro atoms. The van der Waals surface area contributed by atoms with E-state index in [9.17, 15) is 0 Å². The molecule has 0 bridgehead atoms. The number of benzene rings is 3. The summed E-state index contributed by atoms with van der Waals surface area (Å²) in [7, 11) is 1.53. The molecule has 5 heteroatoms. The number of nitriles is 1. The zero-order valence-electron chi connectivity index (χ0n) is 14.6. The summed E-state index contributed by atoms with van der Waals surface area (Å²) >= 11 is 0. The topological polar surface area (TPSA) is 68.0 Å². The number of aromatic nitrogens is 2. The maximum absolute atomic E-state index is 9.05. The fourth-order valence-electron chi connectivity index (χ4n) is 2.84. The van der Waals surface area contributed by atoms with E-state index < -0.39 is 0 Å². The number of methoxy groups -OCH3 is 1. The van der Waals surface area contributed by atoms with Crippen LogP contribution in [0, 0.1) is 11.3 Å². The number of fused-ring (bicyclic) bond motifs is 1. The summed E-state index contributed by atoms with van der Waals surface area (Å²) < 4.78 is 11.2. The number of hydrogen-bond acceptors (Lipinski definition) is 5. The van der Waals surface area contributed by atoms with E-state index in [1.807, 2.05) is 54.6 Å². The Balaban J connectivity index is 1.83. The number of para-hydroxylation sites is 1. The second-order valence-corrected chi connectivity index (χ2v) is 5.82. The summed E-state index contributed by atoms with van der Waals surface area (Å²) in [6.45, 7) is 0. The van der Waals surface area contributed by atoms with Crippen LogP contribution in [0.3, 0.4) is 0 Å². The van der Waals surface area contributed by atoms with Gasteiger partial charge in [0.05, 0.1) is 30.0 Å². The predicted molar refractivity (Wildman–Crippen MR) is 103 cm³/mol. The van der Waals surface area contributed by atoms with Crippen molar-refractivity contribution < 1.29 is 9.47 Å². The van der Waals surface area contributed by atoms with Crippen molar-refractivity contribution in [2.45, 2.75) is 0 Å². The lowest BCUT2D eigenvalue weighted by molar-refractivity contribution is 0.369. The van der Waals surface area contributed by atoms with E-state index in [1.54, 1.807) is 18.2 Å². The fraction of sp³-hybridized carbons (Fsp3) is 0.0455. The van der Waals surface area contributed by atoms with E-state index >= 15 is 0 Å². The van der Waals surface area contributed by atoms with Crippen LogP contribution in [0.4, 0.5) is 0 Å². The Morgan fingerprint density at radius 2 is 1.63 bits per heavy atom. The summed E-state index contributed by atoms with van der Waals surface area (Å²) in [5.74, 6) is 0.901. The first-order valence-electron chi connectivity index (χ1n) is 8.36. The first kappa shape index (κ1) is 16.6. The van der Waals surface area contributed by atoms with Crippen LogP contribution < -0.4 is 9.47 Å². The Labute approximate surface area is 156 Å². The van der Waals surface area contributed by atoms with Crippen molar-refractivity contribution in [2.75, 3.05) is 7.11 Å². The van der Waals surface area contributed by atoms with E-state index in [2.05, 4.69) is 16.0 Å². The van der Waals surface area contributed by atoms with Crippen molar-refractivity contribution in [1.29, 1.82) is 5.26 Å². The van der Waals surface area contributed by atoms with Gasteiger partial charge in [-0.1, -0.05) is 48.5 Å². The van der Waals surface area contributed by atoms with E-state index in [0.717, 1.165) is 22.2 Å². The van der Waals surface area contributed by atoms with Gasteiger partial charge in [-0.2, -0.15) is 15.2 Å². The third-order valence-electron chi connectivity index (χ3n) is 4.12. The first-order chi connectivity index (χ1) is 13.3. The van der Waals surface area contributed by atoms with E-state index in [0.29, 0.717) is 17.1 Å². The minimum atomic E-state index is 0.218. The highest BCUT2D eigenvalue weighted by molar-refractivity contribution is 5.92. The molecule has 0 unspecified atom stereocenters. The Bertz CT molecular complexity index is 1150. The van der Waals surface area contributed by atoms with Gasteiger partial charge in [0, 0.05) is 17.0 Å². The summed E-state index contributed by atoms with van der Waals surface area (Å²) in [5, 5.41) is 10.00. The van der Waals surface area contributed by atoms with Crippen LogP contribution >= 0.6 is 0 Å². The largest absolute Gasteiger partial charge is 0.493 e. The third kappa shape index (κ3) is 3.29.